The van der Waals surface area contributed by atoms with Crippen molar-refractivity contribution in [2.75, 3.05) is 13.1 Å². The highest BCUT2D eigenvalue weighted by atomic mass is 16.2. The largest absolute Gasteiger partial charge is 0.352 e. The van der Waals surface area contributed by atoms with Crippen molar-refractivity contribution in [2.45, 2.75) is 25.3 Å². The standard InChI is InChI=1S/C11H18N4O/c1-15-7-6-13-10(15)4-5-12-8-11(16)14-9-2-3-9/h6-7,9,12H,2-5,8H2,1H3,(H,14,16). The molecule has 16 heavy (non-hydrogen) atoms. The van der Waals surface area contributed by atoms with Crippen LogP contribution in [0.1, 0.15) is 18.7 Å². The predicted molar refractivity (Wildman–Crippen MR) is 60.9 cm³/mol. The zero-order chi connectivity index (χ0) is 11.4. The molecule has 1 fully saturated rings. The van der Waals surface area contributed by atoms with Crippen molar-refractivity contribution >= 4 is 5.91 Å². The van der Waals surface area contributed by atoms with E-state index in [2.05, 4.69) is 15.6 Å². The van der Waals surface area contributed by atoms with Crippen molar-refractivity contribution in [1.29, 1.82) is 0 Å². The SMILES string of the molecule is Cn1ccnc1CCNCC(=O)NC1CC1. The molecule has 0 aliphatic heterocycles. The van der Waals surface area contributed by atoms with Crippen LogP contribution in [0, 0.1) is 0 Å². The maximum Gasteiger partial charge on any atom is 0.234 e. The Morgan fingerprint density at radius 3 is 3.06 bits per heavy atom. The van der Waals surface area contributed by atoms with E-state index in [9.17, 15) is 4.79 Å². The molecule has 1 amide bonds. The molecule has 1 aromatic heterocycles. The Labute approximate surface area is 95.2 Å². The molecule has 0 aromatic carbocycles. The molecule has 2 rings (SSSR count). The molecule has 2 N–H and O–H groups in total. The molecule has 1 aromatic rings. The van der Waals surface area contributed by atoms with E-state index in [4.69, 9.17) is 0 Å². The lowest BCUT2D eigenvalue weighted by molar-refractivity contribution is -0.120. The van der Waals surface area contributed by atoms with Gasteiger partial charge in [-0.25, -0.2) is 4.98 Å². The van der Waals surface area contributed by atoms with E-state index in [0.717, 1.165) is 31.6 Å². The molecule has 0 radical (unpaired) electrons. The van der Waals surface area contributed by atoms with Crippen molar-refractivity contribution in [3.8, 4) is 0 Å². The van der Waals surface area contributed by atoms with Crippen molar-refractivity contribution in [2.24, 2.45) is 7.05 Å². The van der Waals surface area contributed by atoms with Crippen LogP contribution in [0.15, 0.2) is 12.4 Å². The molecule has 88 valence electrons. The number of aryl methyl sites for hydroxylation is 1. The molecule has 0 unspecified atom stereocenters. The van der Waals surface area contributed by atoms with Crippen LogP contribution in [0.25, 0.3) is 0 Å². The Morgan fingerprint density at radius 1 is 1.62 bits per heavy atom. The van der Waals surface area contributed by atoms with Gasteiger partial charge in [-0.15, -0.1) is 0 Å². The van der Waals surface area contributed by atoms with Gasteiger partial charge in [0, 0.05) is 38.4 Å². The number of imidazole rings is 1. The third kappa shape index (κ3) is 3.34. The fourth-order valence-corrected chi connectivity index (χ4v) is 1.55. The summed E-state index contributed by atoms with van der Waals surface area (Å²) in [7, 11) is 1.97. The van der Waals surface area contributed by atoms with Gasteiger partial charge in [-0.05, 0) is 12.8 Å². The molecular weight excluding hydrogens is 204 g/mol. The summed E-state index contributed by atoms with van der Waals surface area (Å²) >= 11 is 0. The average Bonchev–Trinajstić information content (AvgIpc) is 2.96. The first kappa shape index (κ1) is 11.1. The second kappa shape index (κ2) is 5.12. The lowest BCUT2D eigenvalue weighted by atomic mass is 10.4. The Hall–Kier alpha value is -1.36. The minimum atomic E-state index is 0.0994. The number of carbonyl (C=O) groups is 1. The molecule has 0 spiro atoms. The van der Waals surface area contributed by atoms with Crippen molar-refractivity contribution in [3.63, 3.8) is 0 Å². The quantitative estimate of drug-likeness (QED) is 0.657. The van der Waals surface area contributed by atoms with Gasteiger partial charge in [-0.2, -0.15) is 0 Å². The van der Waals surface area contributed by atoms with Crippen LogP contribution in [-0.4, -0.2) is 34.6 Å². The molecule has 1 saturated carbocycles. The van der Waals surface area contributed by atoms with E-state index < -0.39 is 0 Å². The van der Waals surface area contributed by atoms with Crippen LogP contribution in [0.2, 0.25) is 0 Å². The first-order valence-corrected chi connectivity index (χ1v) is 5.72. The maximum atomic E-state index is 11.3. The average molecular weight is 222 g/mol. The zero-order valence-electron chi connectivity index (χ0n) is 9.57. The molecule has 0 saturated heterocycles. The van der Waals surface area contributed by atoms with Gasteiger partial charge in [0.05, 0.1) is 6.54 Å². The third-order valence-corrected chi connectivity index (χ3v) is 2.67. The molecule has 5 heteroatoms. The maximum absolute atomic E-state index is 11.3. The number of nitrogens with one attached hydrogen (secondary N) is 2. The molecule has 1 heterocycles. The highest BCUT2D eigenvalue weighted by molar-refractivity contribution is 5.78. The summed E-state index contributed by atoms with van der Waals surface area (Å²) in [5.41, 5.74) is 0. The van der Waals surface area contributed by atoms with Crippen LogP contribution in [0.5, 0.6) is 0 Å². The number of carbonyl (C=O) groups excluding carboxylic acids is 1. The van der Waals surface area contributed by atoms with Crippen LogP contribution < -0.4 is 10.6 Å². The molecule has 0 bridgehead atoms. The van der Waals surface area contributed by atoms with Crippen LogP contribution in [0.3, 0.4) is 0 Å². The van der Waals surface area contributed by atoms with Crippen molar-refractivity contribution < 1.29 is 4.79 Å². The summed E-state index contributed by atoms with van der Waals surface area (Å²) in [6, 6.07) is 0.448. The molecule has 0 atom stereocenters. The van der Waals surface area contributed by atoms with Gasteiger partial charge in [-0.3, -0.25) is 4.79 Å². The van der Waals surface area contributed by atoms with Gasteiger partial charge in [-0.1, -0.05) is 0 Å². The molecule has 1 aliphatic carbocycles. The van der Waals surface area contributed by atoms with Gasteiger partial charge >= 0.3 is 0 Å². The van der Waals surface area contributed by atoms with E-state index in [-0.39, 0.29) is 5.91 Å². The molecule has 5 nitrogen and oxygen atoms in total. The summed E-state index contributed by atoms with van der Waals surface area (Å²) in [5.74, 6) is 1.14. The fraction of sp³-hybridized carbons (Fsp3) is 0.636. The van der Waals surface area contributed by atoms with E-state index in [0.29, 0.717) is 12.6 Å². The second-order valence-electron chi connectivity index (χ2n) is 4.22. The number of hydrogen-bond donors (Lipinski definition) is 2. The Bertz CT molecular complexity index is 357. The molecule has 1 aliphatic rings. The van der Waals surface area contributed by atoms with E-state index in [1.807, 2.05) is 17.8 Å². The highest BCUT2D eigenvalue weighted by Gasteiger charge is 2.22. The summed E-state index contributed by atoms with van der Waals surface area (Å²) in [4.78, 5) is 15.5. The summed E-state index contributed by atoms with van der Waals surface area (Å²) in [6.07, 6.45) is 6.84. The highest BCUT2D eigenvalue weighted by Crippen LogP contribution is 2.18. The van der Waals surface area contributed by atoms with E-state index in [1.165, 1.54) is 0 Å². The van der Waals surface area contributed by atoms with Gasteiger partial charge in [0.1, 0.15) is 5.82 Å². The summed E-state index contributed by atoms with van der Waals surface area (Å²) in [6.45, 7) is 1.18. The third-order valence-electron chi connectivity index (χ3n) is 2.67. The van der Waals surface area contributed by atoms with E-state index in [1.54, 1.807) is 6.20 Å². The first-order valence-electron chi connectivity index (χ1n) is 5.72. The number of nitrogens with zero attached hydrogens (tertiary/aromatic N) is 2. The van der Waals surface area contributed by atoms with Crippen LogP contribution in [0.4, 0.5) is 0 Å². The number of aromatic nitrogens is 2. The van der Waals surface area contributed by atoms with Crippen molar-refractivity contribution in [3.05, 3.63) is 18.2 Å². The van der Waals surface area contributed by atoms with Crippen LogP contribution in [-0.2, 0) is 18.3 Å². The minimum absolute atomic E-state index is 0.0994. The first-order chi connectivity index (χ1) is 7.75. The smallest absolute Gasteiger partial charge is 0.234 e. The molecular formula is C11H18N4O. The van der Waals surface area contributed by atoms with Crippen LogP contribution >= 0.6 is 0 Å². The number of hydrogen-bond acceptors (Lipinski definition) is 3. The Kier molecular flexibility index (Phi) is 3.56. The van der Waals surface area contributed by atoms with Gasteiger partial charge < -0.3 is 15.2 Å². The zero-order valence-corrected chi connectivity index (χ0v) is 9.57. The number of rotatable bonds is 6. The van der Waals surface area contributed by atoms with Gasteiger partial charge in [0.25, 0.3) is 0 Å². The summed E-state index contributed by atoms with van der Waals surface area (Å²) in [5, 5.41) is 6.06. The lowest BCUT2D eigenvalue weighted by Crippen LogP contribution is -2.35. The normalized spacial score (nSPS) is 15.1. The van der Waals surface area contributed by atoms with Gasteiger partial charge in [0.15, 0.2) is 0 Å². The fourth-order valence-electron chi connectivity index (χ4n) is 1.55. The van der Waals surface area contributed by atoms with E-state index >= 15 is 0 Å². The Morgan fingerprint density at radius 2 is 2.44 bits per heavy atom. The summed E-state index contributed by atoms with van der Waals surface area (Å²) < 4.78 is 1.99. The van der Waals surface area contributed by atoms with Crippen molar-refractivity contribution in [1.82, 2.24) is 20.2 Å². The minimum Gasteiger partial charge on any atom is -0.352 e. The van der Waals surface area contributed by atoms with Gasteiger partial charge in [0.2, 0.25) is 5.91 Å². The lowest BCUT2D eigenvalue weighted by Gasteiger charge is -2.05. The topological polar surface area (TPSA) is 59.0 Å². The Balaban J connectivity index is 1.57. The predicted octanol–water partition coefficient (Wildman–Crippen LogP) is -0.169. The monoisotopic (exact) mass is 222 g/mol. The second-order valence-corrected chi connectivity index (χ2v) is 4.22. The number of amides is 1.